The molecule has 0 radical (unpaired) electrons. The Kier molecular flexibility index (Phi) is 8.20. The van der Waals surface area contributed by atoms with Crippen LogP contribution in [0, 0.1) is 18.3 Å². The normalized spacial score (nSPS) is 16.8. The van der Waals surface area contributed by atoms with Gasteiger partial charge in [-0.05, 0) is 91.9 Å². The van der Waals surface area contributed by atoms with Gasteiger partial charge in [0.15, 0.2) is 11.5 Å². The van der Waals surface area contributed by atoms with Crippen LogP contribution in [0.3, 0.4) is 0 Å². The highest BCUT2D eigenvalue weighted by molar-refractivity contribution is 6.19. The molecule has 0 spiro atoms. The van der Waals surface area contributed by atoms with Gasteiger partial charge >= 0.3 is 0 Å². The molecule has 2 amide bonds. The number of hydrogen-bond acceptors (Lipinski definition) is 7. The maximum Gasteiger partial charge on any atom is 0.271 e. The molecule has 3 aromatic carbocycles. The molecule has 0 saturated heterocycles. The lowest BCUT2D eigenvalue weighted by molar-refractivity contribution is -0.140. The summed E-state index contributed by atoms with van der Waals surface area (Å²) in [6.45, 7) is 5.80. The Morgan fingerprint density at radius 1 is 1.02 bits per heavy atom. The van der Waals surface area contributed by atoms with Crippen molar-refractivity contribution in [3.63, 3.8) is 0 Å². The summed E-state index contributed by atoms with van der Waals surface area (Å²) in [6, 6.07) is 21.4. The smallest absolute Gasteiger partial charge is 0.271 e. The minimum absolute atomic E-state index is 0.0605. The van der Waals surface area contributed by atoms with E-state index in [9.17, 15) is 14.9 Å². The van der Waals surface area contributed by atoms with Crippen LogP contribution >= 0.6 is 0 Å². The van der Waals surface area contributed by atoms with E-state index in [0.29, 0.717) is 34.8 Å². The van der Waals surface area contributed by atoms with Crippen molar-refractivity contribution in [2.75, 3.05) is 20.8 Å². The summed E-state index contributed by atoms with van der Waals surface area (Å²) in [5.41, 5.74) is 6.63. The zero-order valence-electron chi connectivity index (χ0n) is 26.5. The van der Waals surface area contributed by atoms with Gasteiger partial charge in [0.25, 0.3) is 11.8 Å². The Balaban J connectivity index is 1.42. The summed E-state index contributed by atoms with van der Waals surface area (Å²) in [4.78, 5) is 28.6. The molecule has 3 heterocycles. The molecule has 0 saturated carbocycles. The van der Waals surface area contributed by atoms with Crippen molar-refractivity contribution in [1.29, 1.82) is 5.26 Å². The standard InChI is InChI=1S/C37H34N4O5/c1-22-15-26(18-27-16-23(2)46-35(22)27)34-28(21-41(39-34)29-9-7-6-8-10-29)19-30-24(3)31(20-38)37(43)40(36(30)42)14-13-25-11-12-32(44-4)33(17-25)45-5/h6-12,15,17-19,21,23H,13-14,16H2,1-5H3/b30-19-/t23-/m0/s1. The van der Waals surface area contributed by atoms with E-state index in [0.717, 1.165) is 45.0 Å². The van der Waals surface area contributed by atoms with E-state index in [1.54, 1.807) is 38.0 Å². The number of imide groups is 1. The molecule has 232 valence electrons. The van der Waals surface area contributed by atoms with Crippen LogP contribution < -0.4 is 14.2 Å². The number of benzene rings is 3. The third-order valence-electron chi connectivity index (χ3n) is 8.41. The Bertz CT molecular complexity index is 1970. The SMILES string of the molecule is COc1ccc(CCN2C(=O)C(C#N)=C(C)/C(=C/c3cn(-c4ccccc4)nc3-c3cc(C)c4c(c3)C[C@H](C)O4)C2=O)cc1OC. The van der Waals surface area contributed by atoms with E-state index in [1.807, 2.05) is 74.6 Å². The second-order valence-electron chi connectivity index (χ2n) is 11.5. The molecule has 46 heavy (non-hydrogen) atoms. The lowest BCUT2D eigenvalue weighted by Gasteiger charge is -2.27. The number of aromatic nitrogens is 2. The van der Waals surface area contributed by atoms with Crippen molar-refractivity contribution in [1.82, 2.24) is 14.7 Å². The van der Waals surface area contributed by atoms with Gasteiger partial charge in [-0.25, -0.2) is 4.68 Å². The molecule has 2 aliphatic rings. The number of nitrogens with zero attached hydrogens (tertiary/aromatic N) is 4. The number of carbonyl (C=O) groups excluding carboxylic acids is 2. The van der Waals surface area contributed by atoms with Crippen LogP contribution in [0.1, 0.15) is 36.1 Å². The molecule has 0 unspecified atom stereocenters. The summed E-state index contributed by atoms with van der Waals surface area (Å²) in [7, 11) is 3.11. The average molecular weight is 615 g/mol. The van der Waals surface area contributed by atoms with Gasteiger partial charge in [-0.15, -0.1) is 0 Å². The van der Waals surface area contributed by atoms with Crippen molar-refractivity contribution in [2.24, 2.45) is 0 Å². The second-order valence-corrected chi connectivity index (χ2v) is 11.5. The Morgan fingerprint density at radius 3 is 2.50 bits per heavy atom. The maximum absolute atomic E-state index is 14.0. The van der Waals surface area contributed by atoms with E-state index in [1.165, 1.54) is 0 Å². The van der Waals surface area contributed by atoms with Crippen molar-refractivity contribution < 1.29 is 23.8 Å². The fourth-order valence-electron chi connectivity index (χ4n) is 6.05. The van der Waals surface area contributed by atoms with E-state index in [4.69, 9.17) is 19.3 Å². The number of amides is 2. The Morgan fingerprint density at radius 2 is 1.78 bits per heavy atom. The number of rotatable bonds is 8. The number of carbonyl (C=O) groups is 2. The number of methoxy groups -OCH3 is 2. The molecule has 6 rings (SSSR count). The fourth-order valence-corrected chi connectivity index (χ4v) is 6.05. The number of para-hydroxylation sites is 1. The van der Waals surface area contributed by atoms with Crippen molar-refractivity contribution in [2.45, 2.75) is 39.7 Å². The summed E-state index contributed by atoms with van der Waals surface area (Å²) in [5.74, 6) is 0.969. The predicted octanol–water partition coefficient (Wildman–Crippen LogP) is 6.02. The van der Waals surface area contributed by atoms with Crippen molar-refractivity contribution >= 4 is 17.9 Å². The molecule has 1 aromatic heterocycles. The first-order valence-corrected chi connectivity index (χ1v) is 15.1. The molecular formula is C37H34N4O5. The molecule has 0 N–H and O–H groups in total. The second kappa shape index (κ2) is 12.4. The van der Waals surface area contributed by atoms with Crippen LogP contribution in [0.4, 0.5) is 0 Å². The summed E-state index contributed by atoms with van der Waals surface area (Å²) in [6.07, 6.45) is 4.87. The topological polar surface area (TPSA) is 107 Å². The zero-order valence-corrected chi connectivity index (χ0v) is 26.5. The van der Waals surface area contributed by atoms with Crippen LogP contribution in [-0.4, -0.2) is 53.4 Å². The lowest BCUT2D eigenvalue weighted by atomic mass is 9.92. The lowest BCUT2D eigenvalue weighted by Crippen LogP contribution is -2.43. The Hall–Kier alpha value is -5.62. The molecule has 4 aromatic rings. The van der Waals surface area contributed by atoms with E-state index in [2.05, 4.69) is 6.07 Å². The zero-order chi connectivity index (χ0) is 32.5. The molecule has 2 aliphatic heterocycles. The van der Waals surface area contributed by atoms with Gasteiger partial charge in [-0.3, -0.25) is 14.5 Å². The van der Waals surface area contributed by atoms with Crippen LogP contribution in [0.25, 0.3) is 23.0 Å². The number of aryl methyl sites for hydroxylation is 1. The first-order valence-electron chi connectivity index (χ1n) is 15.1. The van der Waals surface area contributed by atoms with Gasteiger partial charge in [0.1, 0.15) is 23.5 Å². The van der Waals surface area contributed by atoms with Crippen LogP contribution in [0.15, 0.2) is 83.6 Å². The monoisotopic (exact) mass is 614 g/mol. The van der Waals surface area contributed by atoms with Crippen LogP contribution in [0.2, 0.25) is 0 Å². The highest BCUT2D eigenvalue weighted by Gasteiger charge is 2.35. The van der Waals surface area contributed by atoms with Gasteiger partial charge in [-0.1, -0.05) is 24.3 Å². The summed E-state index contributed by atoms with van der Waals surface area (Å²) in [5, 5.41) is 15.0. The number of nitriles is 1. The molecule has 9 heteroatoms. The number of ether oxygens (including phenoxy) is 3. The van der Waals surface area contributed by atoms with Crippen molar-refractivity contribution in [3.05, 3.63) is 106 Å². The number of fused-ring (bicyclic) bond motifs is 1. The third-order valence-corrected chi connectivity index (χ3v) is 8.41. The molecule has 0 aliphatic carbocycles. The van der Waals surface area contributed by atoms with Gasteiger partial charge in [-0.2, -0.15) is 10.4 Å². The summed E-state index contributed by atoms with van der Waals surface area (Å²) >= 11 is 0. The minimum atomic E-state index is -0.605. The number of hydrogen-bond donors (Lipinski definition) is 0. The van der Waals surface area contributed by atoms with Gasteiger partial charge in [0, 0.05) is 35.9 Å². The van der Waals surface area contributed by atoms with Crippen LogP contribution in [-0.2, 0) is 22.4 Å². The van der Waals surface area contributed by atoms with Crippen LogP contribution in [0.5, 0.6) is 17.2 Å². The van der Waals surface area contributed by atoms with Gasteiger partial charge in [0.2, 0.25) is 0 Å². The van der Waals surface area contributed by atoms with Gasteiger partial charge in [0.05, 0.1) is 25.6 Å². The molecule has 9 nitrogen and oxygen atoms in total. The maximum atomic E-state index is 14.0. The first-order chi connectivity index (χ1) is 22.2. The summed E-state index contributed by atoms with van der Waals surface area (Å²) < 4.78 is 18.6. The Labute approximate surface area is 267 Å². The predicted molar refractivity (Wildman–Crippen MR) is 174 cm³/mol. The highest BCUT2D eigenvalue weighted by atomic mass is 16.5. The van der Waals surface area contributed by atoms with E-state index < -0.39 is 11.8 Å². The average Bonchev–Trinajstić information content (AvgIpc) is 3.66. The van der Waals surface area contributed by atoms with Crippen molar-refractivity contribution in [3.8, 4) is 40.3 Å². The highest BCUT2D eigenvalue weighted by Crippen LogP contribution is 2.38. The molecular weight excluding hydrogens is 580 g/mol. The largest absolute Gasteiger partial charge is 0.493 e. The fraction of sp³-hybridized carbons (Fsp3) is 0.243. The molecule has 1 atom stereocenters. The molecule has 0 bridgehead atoms. The van der Waals surface area contributed by atoms with E-state index in [-0.39, 0.29) is 23.8 Å². The minimum Gasteiger partial charge on any atom is -0.493 e. The first kappa shape index (κ1) is 30.4. The van der Waals surface area contributed by atoms with E-state index >= 15 is 0 Å². The molecule has 0 fully saturated rings. The third kappa shape index (κ3) is 5.54. The quantitative estimate of drug-likeness (QED) is 0.176. The van der Waals surface area contributed by atoms with Gasteiger partial charge < -0.3 is 14.2 Å².